The number of hydrogen-bond acceptors (Lipinski definition) is 1. The lowest BCUT2D eigenvalue weighted by Gasteiger charge is -2.16. The largest absolute Gasteiger partial charge is 0.381 e. The Kier molecular flexibility index (Phi) is 3.06. The molecule has 18 heavy (non-hydrogen) atoms. The zero-order valence-corrected chi connectivity index (χ0v) is 10.8. The highest BCUT2D eigenvalue weighted by molar-refractivity contribution is 5.53. The molecular weight excluding hydrogens is 218 g/mol. The van der Waals surface area contributed by atoms with E-state index in [1.807, 2.05) is 0 Å². The first-order chi connectivity index (χ1) is 8.86. The van der Waals surface area contributed by atoms with Crippen molar-refractivity contribution in [1.29, 1.82) is 0 Å². The lowest BCUT2D eigenvalue weighted by atomic mass is 10.1. The summed E-state index contributed by atoms with van der Waals surface area (Å²) in [7, 11) is 0. The Hall–Kier alpha value is -1.76. The second-order valence-electron chi connectivity index (χ2n) is 5.03. The lowest BCUT2D eigenvalue weighted by Crippen LogP contribution is -2.20. The van der Waals surface area contributed by atoms with Gasteiger partial charge in [-0.25, -0.2) is 0 Å². The zero-order chi connectivity index (χ0) is 12.4. The van der Waals surface area contributed by atoms with Gasteiger partial charge >= 0.3 is 0 Å². The zero-order valence-electron chi connectivity index (χ0n) is 10.8. The fourth-order valence-corrected chi connectivity index (χ4v) is 2.85. The van der Waals surface area contributed by atoms with Crippen LogP contribution in [0.2, 0.25) is 0 Å². The summed E-state index contributed by atoms with van der Waals surface area (Å²) in [6.07, 6.45) is 3.38. The van der Waals surface area contributed by atoms with E-state index in [-0.39, 0.29) is 0 Å². The van der Waals surface area contributed by atoms with E-state index in [0.29, 0.717) is 6.04 Å². The van der Waals surface area contributed by atoms with E-state index in [4.69, 9.17) is 0 Å². The number of benzene rings is 2. The van der Waals surface area contributed by atoms with Crippen molar-refractivity contribution in [2.24, 2.45) is 0 Å². The van der Waals surface area contributed by atoms with Gasteiger partial charge in [0.2, 0.25) is 0 Å². The predicted molar refractivity (Wildman–Crippen MR) is 77.1 cm³/mol. The number of aryl methyl sites for hydroxylation is 1. The van der Waals surface area contributed by atoms with E-state index in [1.165, 1.54) is 22.4 Å². The molecule has 0 saturated heterocycles. The second kappa shape index (κ2) is 4.85. The van der Waals surface area contributed by atoms with Crippen LogP contribution in [0.25, 0.3) is 0 Å². The monoisotopic (exact) mass is 237 g/mol. The smallest absolute Gasteiger partial charge is 0.0374 e. The van der Waals surface area contributed by atoms with Crippen LogP contribution >= 0.6 is 0 Å². The van der Waals surface area contributed by atoms with Gasteiger partial charge in [-0.3, -0.25) is 0 Å². The van der Waals surface area contributed by atoms with E-state index in [9.17, 15) is 0 Å². The van der Waals surface area contributed by atoms with Gasteiger partial charge in [0.25, 0.3) is 0 Å². The van der Waals surface area contributed by atoms with Crippen molar-refractivity contribution >= 4 is 5.69 Å². The Morgan fingerprint density at radius 2 is 1.56 bits per heavy atom. The minimum atomic E-state index is 0.551. The summed E-state index contributed by atoms with van der Waals surface area (Å²) in [6, 6.07) is 18.0. The van der Waals surface area contributed by atoms with E-state index in [1.54, 1.807) is 0 Å². The molecule has 1 N–H and O–H groups in total. The van der Waals surface area contributed by atoms with Gasteiger partial charge < -0.3 is 5.32 Å². The maximum atomic E-state index is 3.71. The third-order valence-electron chi connectivity index (χ3n) is 3.81. The quantitative estimate of drug-likeness (QED) is 0.855. The maximum Gasteiger partial charge on any atom is 0.0374 e. The molecule has 0 heterocycles. The number of nitrogens with one attached hydrogen (secondary N) is 1. The molecular formula is C17H19N. The molecule has 3 rings (SSSR count). The maximum absolute atomic E-state index is 3.71. The van der Waals surface area contributed by atoms with Crippen molar-refractivity contribution in [2.75, 3.05) is 5.32 Å². The Morgan fingerprint density at radius 1 is 0.944 bits per heavy atom. The highest BCUT2D eigenvalue weighted by atomic mass is 14.9. The van der Waals surface area contributed by atoms with Gasteiger partial charge in [-0.1, -0.05) is 49.4 Å². The third-order valence-corrected chi connectivity index (χ3v) is 3.81. The molecule has 1 nitrogen and oxygen atoms in total. The van der Waals surface area contributed by atoms with Crippen LogP contribution in [-0.4, -0.2) is 6.04 Å². The normalized spacial score (nSPS) is 14.5. The number of para-hydroxylation sites is 1. The average molecular weight is 237 g/mol. The van der Waals surface area contributed by atoms with E-state index in [0.717, 1.165) is 19.3 Å². The van der Waals surface area contributed by atoms with Gasteiger partial charge in [0.15, 0.2) is 0 Å². The van der Waals surface area contributed by atoms with Gasteiger partial charge in [0, 0.05) is 11.7 Å². The van der Waals surface area contributed by atoms with Crippen molar-refractivity contribution < 1.29 is 0 Å². The summed E-state index contributed by atoms with van der Waals surface area (Å²) in [4.78, 5) is 0. The first kappa shape index (κ1) is 11.3. The van der Waals surface area contributed by atoms with Crippen LogP contribution in [0.15, 0.2) is 48.5 Å². The highest BCUT2D eigenvalue weighted by Gasteiger charge is 2.20. The summed E-state index contributed by atoms with van der Waals surface area (Å²) < 4.78 is 0. The summed E-state index contributed by atoms with van der Waals surface area (Å²) >= 11 is 0. The number of anilines is 1. The topological polar surface area (TPSA) is 12.0 Å². The van der Waals surface area contributed by atoms with E-state index >= 15 is 0 Å². The van der Waals surface area contributed by atoms with Gasteiger partial charge in [0.05, 0.1) is 0 Å². The van der Waals surface area contributed by atoms with Crippen molar-refractivity contribution in [1.82, 2.24) is 0 Å². The SMILES string of the molecule is CCc1ccccc1NC1Cc2ccccc2C1. The van der Waals surface area contributed by atoms with E-state index in [2.05, 4.69) is 60.8 Å². The van der Waals surface area contributed by atoms with Gasteiger partial charge in [-0.2, -0.15) is 0 Å². The molecule has 0 saturated carbocycles. The van der Waals surface area contributed by atoms with Crippen LogP contribution in [0.4, 0.5) is 5.69 Å². The third kappa shape index (κ3) is 2.13. The Bertz CT molecular complexity index is 520. The van der Waals surface area contributed by atoms with E-state index < -0.39 is 0 Å². The molecule has 1 aliphatic carbocycles. The molecule has 0 aromatic heterocycles. The second-order valence-corrected chi connectivity index (χ2v) is 5.03. The molecule has 2 aromatic carbocycles. The molecule has 0 aliphatic heterocycles. The highest BCUT2D eigenvalue weighted by Crippen LogP contribution is 2.25. The fraction of sp³-hybridized carbons (Fsp3) is 0.294. The average Bonchev–Trinajstić information content (AvgIpc) is 2.81. The summed E-state index contributed by atoms with van der Waals surface area (Å²) in [5.41, 5.74) is 5.72. The van der Waals surface area contributed by atoms with Gasteiger partial charge in [-0.15, -0.1) is 0 Å². The number of hydrogen-bond donors (Lipinski definition) is 1. The van der Waals surface area contributed by atoms with Crippen LogP contribution in [0.5, 0.6) is 0 Å². The van der Waals surface area contributed by atoms with Crippen molar-refractivity contribution in [3.8, 4) is 0 Å². The van der Waals surface area contributed by atoms with Gasteiger partial charge in [-0.05, 0) is 42.0 Å². The molecule has 0 amide bonds. The molecule has 0 bridgehead atoms. The Balaban J connectivity index is 1.76. The Morgan fingerprint density at radius 3 is 2.22 bits per heavy atom. The standard InChI is InChI=1S/C17H19N/c1-2-13-7-5-6-10-17(13)18-16-11-14-8-3-4-9-15(14)12-16/h3-10,16,18H,2,11-12H2,1H3. The first-order valence-electron chi connectivity index (χ1n) is 6.78. The predicted octanol–water partition coefficient (Wildman–Crippen LogP) is 3.83. The lowest BCUT2D eigenvalue weighted by molar-refractivity contribution is 0.772. The minimum absolute atomic E-state index is 0.551. The Labute approximate surface area is 109 Å². The van der Waals surface area contributed by atoms with Crippen molar-refractivity contribution in [3.05, 3.63) is 65.2 Å². The molecule has 0 spiro atoms. The molecule has 2 aromatic rings. The van der Waals surface area contributed by atoms with Crippen LogP contribution in [-0.2, 0) is 19.3 Å². The summed E-state index contributed by atoms with van der Waals surface area (Å²) in [5.74, 6) is 0. The summed E-state index contributed by atoms with van der Waals surface area (Å²) in [6.45, 7) is 2.21. The molecule has 92 valence electrons. The molecule has 0 atom stereocenters. The van der Waals surface area contributed by atoms with Crippen molar-refractivity contribution in [2.45, 2.75) is 32.2 Å². The molecule has 0 radical (unpaired) electrons. The van der Waals surface area contributed by atoms with Crippen molar-refractivity contribution in [3.63, 3.8) is 0 Å². The molecule has 1 heteroatoms. The molecule has 0 fully saturated rings. The molecule has 1 aliphatic rings. The van der Waals surface area contributed by atoms with Gasteiger partial charge in [0.1, 0.15) is 0 Å². The summed E-state index contributed by atoms with van der Waals surface area (Å²) in [5, 5.41) is 3.71. The first-order valence-corrected chi connectivity index (χ1v) is 6.78. The fourth-order valence-electron chi connectivity index (χ4n) is 2.85. The van der Waals surface area contributed by atoms with Crippen LogP contribution in [0.3, 0.4) is 0 Å². The number of rotatable bonds is 3. The molecule has 0 unspecified atom stereocenters. The number of fused-ring (bicyclic) bond motifs is 1. The van der Waals surface area contributed by atoms with Crippen LogP contribution < -0.4 is 5.32 Å². The minimum Gasteiger partial charge on any atom is -0.381 e. The van der Waals surface area contributed by atoms with Crippen LogP contribution in [0.1, 0.15) is 23.6 Å². The van der Waals surface area contributed by atoms with Crippen LogP contribution in [0, 0.1) is 0 Å².